The summed E-state index contributed by atoms with van der Waals surface area (Å²) in [5.74, 6) is 0.210. The Morgan fingerprint density at radius 2 is 1.59 bits per heavy atom. The van der Waals surface area contributed by atoms with Gasteiger partial charge in [0.25, 0.3) is 0 Å². The van der Waals surface area contributed by atoms with Gasteiger partial charge in [-0.2, -0.15) is 12.7 Å². The van der Waals surface area contributed by atoms with Crippen molar-refractivity contribution in [3.05, 3.63) is 0 Å². The van der Waals surface area contributed by atoms with Gasteiger partial charge in [-0.15, -0.1) is 0 Å². The minimum Gasteiger partial charge on any atom is -0.444 e. The highest BCUT2D eigenvalue weighted by Gasteiger charge is 2.38. The Balaban J connectivity index is 1.87. The lowest BCUT2D eigenvalue weighted by molar-refractivity contribution is -0.00329. The van der Waals surface area contributed by atoms with Crippen molar-refractivity contribution in [2.24, 2.45) is 5.92 Å². The third kappa shape index (κ3) is 7.33. The fraction of sp³-hybridized carbons (Fsp3) is 0.895. The minimum atomic E-state index is -3.98. The predicted octanol–water partition coefficient (Wildman–Crippen LogP) is 2.87. The number of nitrogens with one attached hydrogen (secondary N) is 1. The molecule has 0 aromatic heterocycles. The molecule has 29 heavy (non-hydrogen) atoms. The maximum Gasteiger partial charge on any atom is 0.422 e. The van der Waals surface area contributed by atoms with Crippen LogP contribution in [0.4, 0.5) is 9.59 Å². The highest BCUT2D eigenvalue weighted by molar-refractivity contribution is 7.87. The van der Waals surface area contributed by atoms with E-state index >= 15 is 0 Å². The first-order chi connectivity index (χ1) is 13.2. The molecule has 0 atom stereocenters. The number of hydrogen-bond acceptors (Lipinski definition) is 6. The van der Waals surface area contributed by atoms with E-state index in [1.54, 1.807) is 25.7 Å². The zero-order valence-corrected chi connectivity index (χ0v) is 19.2. The van der Waals surface area contributed by atoms with Gasteiger partial charge < -0.3 is 14.4 Å². The summed E-state index contributed by atoms with van der Waals surface area (Å²) in [6.07, 6.45) is 1.84. The van der Waals surface area contributed by atoms with Gasteiger partial charge in [0, 0.05) is 25.7 Å². The molecule has 2 aliphatic rings. The Morgan fingerprint density at radius 3 is 2.03 bits per heavy atom. The van der Waals surface area contributed by atoms with Crippen LogP contribution in [-0.4, -0.2) is 66.7 Å². The van der Waals surface area contributed by atoms with E-state index in [0.29, 0.717) is 26.1 Å². The molecular formula is C19H35N3O6S. The Labute approximate surface area is 174 Å². The zero-order chi connectivity index (χ0) is 22.0. The molecular weight excluding hydrogens is 398 g/mol. The summed E-state index contributed by atoms with van der Waals surface area (Å²) in [6.45, 7) is 11.9. The van der Waals surface area contributed by atoms with Crippen LogP contribution >= 0.6 is 0 Å². The van der Waals surface area contributed by atoms with Crippen molar-refractivity contribution >= 4 is 22.4 Å². The monoisotopic (exact) mass is 433 g/mol. The van der Waals surface area contributed by atoms with E-state index in [1.807, 2.05) is 25.5 Å². The molecule has 2 fully saturated rings. The second kappa shape index (κ2) is 8.67. The molecule has 9 nitrogen and oxygen atoms in total. The summed E-state index contributed by atoms with van der Waals surface area (Å²) < 4.78 is 39.3. The normalized spacial score (nSPS) is 18.8. The number of amides is 2. The average molecular weight is 434 g/mol. The molecule has 168 valence electrons. The van der Waals surface area contributed by atoms with E-state index in [-0.39, 0.29) is 18.1 Å². The lowest BCUT2D eigenvalue weighted by atomic mass is 9.92. The van der Waals surface area contributed by atoms with Gasteiger partial charge in [0.15, 0.2) is 0 Å². The van der Waals surface area contributed by atoms with E-state index in [4.69, 9.17) is 9.47 Å². The van der Waals surface area contributed by atoms with Crippen molar-refractivity contribution in [2.45, 2.75) is 84.5 Å². The Kier molecular flexibility index (Phi) is 7.09. The fourth-order valence-corrected chi connectivity index (χ4v) is 4.49. The molecule has 0 spiro atoms. The van der Waals surface area contributed by atoms with Gasteiger partial charge in [-0.05, 0) is 66.7 Å². The molecule has 1 saturated heterocycles. The second-order valence-electron chi connectivity index (χ2n) is 9.84. The molecule has 10 heteroatoms. The van der Waals surface area contributed by atoms with Gasteiger partial charge in [0.05, 0.1) is 0 Å². The Morgan fingerprint density at radius 1 is 1.03 bits per heavy atom. The van der Waals surface area contributed by atoms with Crippen LogP contribution in [0.15, 0.2) is 0 Å². The van der Waals surface area contributed by atoms with Gasteiger partial charge in [0.1, 0.15) is 11.2 Å². The number of likely N-dealkylation sites (tertiary alicyclic amines) is 1. The fourth-order valence-electron chi connectivity index (χ4n) is 3.17. The highest BCUT2D eigenvalue weighted by atomic mass is 32.2. The standard InChI is InChI=1S/C19H35N3O6S/c1-18(2,3)27-16(23)20-29(25,26)22(15-8-7-9-15)11-10-14-12-21(13-14)17(24)28-19(4,5)6/h14-15H,7-13H2,1-6H3,(H,20,23). The van der Waals surface area contributed by atoms with Gasteiger partial charge in [-0.3, -0.25) is 0 Å². The molecule has 2 amide bonds. The summed E-state index contributed by atoms with van der Waals surface area (Å²) in [5.41, 5.74) is -1.32. The molecule has 1 aliphatic heterocycles. The van der Waals surface area contributed by atoms with E-state index in [9.17, 15) is 18.0 Å². The summed E-state index contributed by atoms with van der Waals surface area (Å²) in [5, 5.41) is 0. The van der Waals surface area contributed by atoms with Gasteiger partial charge in [-0.25, -0.2) is 14.3 Å². The molecule has 0 bridgehead atoms. The van der Waals surface area contributed by atoms with Crippen LogP contribution in [0.3, 0.4) is 0 Å². The average Bonchev–Trinajstić information content (AvgIpc) is 2.36. The summed E-state index contributed by atoms with van der Waals surface area (Å²) in [6, 6.07) is -0.100. The van der Waals surface area contributed by atoms with E-state index in [0.717, 1.165) is 19.3 Å². The molecule has 1 saturated carbocycles. The van der Waals surface area contributed by atoms with Crippen LogP contribution < -0.4 is 4.72 Å². The van der Waals surface area contributed by atoms with Crippen molar-refractivity contribution in [3.8, 4) is 0 Å². The van der Waals surface area contributed by atoms with Gasteiger partial charge in [0.2, 0.25) is 0 Å². The van der Waals surface area contributed by atoms with Crippen LogP contribution in [0, 0.1) is 5.92 Å². The molecule has 0 aromatic carbocycles. The number of hydrogen-bond donors (Lipinski definition) is 1. The lowest BCUT2D eigenvalue weighted by Gasteiger charge is -2.42. The summed E-state index contributed by atoms with van der Waals surface area (Å²) in [4.78, 5) is 25.6. The first-order valence-corrected chi connectivity index (χ1v) is 11.6. The molecule has 0 aromatic rings. The van der Waals surface area contributed by atoms with Crippen molar-refractivity contribution in [2.75, 3.05) is 19.6 Å². The SMILES string of the molecule is CC(C)(C)OC(=O)NS(=O)(=O)N(CCC1CN(C(=O)OC(C)(C)C)C1)C1CCC1. The summed E-state index contributed by atoms with van der Waals surface area (Å²) in [7, 11) is -3.98. The minimum absolute atomic E-state index is 0.100. The van der Waals surface area contributed by atoms with Crippen LogP contribution in [0.25, 0.3) is 0 Å². The number of ether oxygens (including phenoxy) is 2. The lowest BCUT2D eigenvalue weighted by Crippen LogP contribution is -2.55. The quantitative estimate of drug-likeness (QED) is 0.690. The van der Waals surface area contributed by atoms with Crippen molar-refractivity contribution in [1.29, 1.82) is 0 Å². The number of carbonyl (C=O) groups excluding carboxylic acids is 2. The van der Waals surface area contributed by atoms with Crippen LogP contribution in [0.1, 0.15) is 67.2 Å². The molecule has 1 aliphatic carbocycles. The third-order valence-electron chi connectivity index (χ3n) is 4.77. The smallest absolute Gasteiger partial charge is 0.422 e. The maximum atomic E-state index is 12.7. The van der Waals surface area contributed by atoms with Crippen molar-refractivity contribution < 1.29 is 27.5 Å². The maximum absolute atomic E-state index is 12.7. The van der Waals surface area contributed by atoms with Crippen molar-refractivity contribution in [1.82, 2.24) is 13.9 Å². The number of carbonyl (C=O) groups is 2. The molecule has 0 radical (unpaired) electrons. The zero-order valence-electron chi connectivity index (χ0n) is 18.4. The largest absolute Gasteiger partial charge is 0.444 e. The Bertz CT molecular complexity index is 700. The number of rotatable bonds is 6. The van der Waals surface area contributed by atoms with Gasteiger partial charge in [-0.1, -0.05) is 6.42 Å². The Hall–Kier alpha value is -1.55. The number of nitrogens with zero attached hydrogens (tertiary/aromatic N) is 2. The van der Waals surface area contributed by atoms with Crippen LogP contribution in [-0.2, 0) is 19.7 Å². The highest BCUT2D eigenvalue weighted by Crippen LogP contribution is 2.29. The van der Waals surface area contributed by atoms with Crippen molar-refractivity contribution in [3.63, 3.8) is 0 Å². The van der Waals surface area contributed by atoms with E-state index in [2.05, 4.69) is 0 Å². The molecule has 0 unspecified atom stereocenters. The third-order valence-corrected chi connectivity index (χ3v) is 6.29. The predicted molar refractivity (Wildman–Crippen MR) is 109 cm³/mol. The second-order valence-corrected chi connectivity index (χ2v) is 11.5. The topological polar surface area (TPSA) is 105 Å². The van der Waals surface area contributed by atoms with Crippen LogP contribution in [0.2, 0.25) is 0 Å². The van der Waals surface area contributed by atoms with Gasteiger partial charge >= 0.3 is 22.4 Å². The summed E-state index contributed by atoms with van der Waals surface area (Å²) >= 11 is 0. The first kappa shape index (κ1) is 23.7. The molecule has 1 heterocycles. The molecule has 2 rings (SSSR count). The molecule has 1 N–H and O–H groups in total. The van der Waals surface area contributed by atoms with Crippen LogP contribution in [0.5, 0.6) is 0 Å². The van der Waals surface area contributed by atoms with E-state index < -0.39 is 27.5 Å². The van der Waals surface area contributed by atoms with E-state index in [1.165, 1.54) is 4.31 Å². The first-order valence-electron chi connectivity index (χ1n) is 10.2.